The maximum atomic E-state index is 9.59. The van der Waals surface area contributed by atoms with Crippen LogP contribution in [0.15, 0.2) is 75.0 Å². The quantitative estimate of drug-likeness (QED) is 0.207. The molecular weight excluding hydrogens is 444 g/mol. The summed E-state index contributed by atoms with van der Waals surface area (Å²) in [5, 5.41) is 32.1. The monoisotopic (exact) mass is 461 g/mol. The molecule has 149 valence electrons. The van der Waals surface area contributed by atoms with Crippen LogP contribution in [0, 0.1) is 0 Å². The predicted molar refractivity (Wildman–Crippen MR) is 115 cm³/mol. The molecule has 0 heterocycles. The predicted octanol–water partition coefficient (Wildman–Crippen LogP) is 1.74. The van der Waals surface area contributed by atoms with E-state index in [1.165, 1.54) is 0 Å². The summed E-state index contributed by atoms with van der Waals surface area (Å²) in [5.74, 6) is 0.139. The fourth-order valence-electron chi connectivity index (χ4n) is 1.99. The Morgan fingerprint density at radius 2 is 1.14 bits per heavy atom. The molecule has 2 aromatic rings. The van der Waals surface area contributed by atoms with Gasteiger partial charge in [0.25, 0.3) is 0 Å². The van der Waals surface area contributed by atoms with Crippen molar-refractivity contribution in [3.8, 4) is 5.75 Å². The minimum Gasteiger partial charge on any atom is -0.741 e. The number of hydrogen-bond donors (Lipinski definition) is 3. The Balaban J connectivity index is 0.00000392. The third-order valence-electron chi connectivity index (χ3n) is 3.32. The van der Waals surface area contributed by atoms with E-state index in [9.17, 15) is 5.11 Å². The van der Waals surface area contributed by atoms with Gasteiger partial charge in [0.05, 0.1) is 0 Å². The second-order valence-electron chi connectivity index (χ2n) is 5.12. The number of phenols is 1. The molecule has 0 bridgehead atoms. The molecule has 0 aliphatic carbocycles. The van der Waals surface area contributed by atoms with Crippen molar-refractivity contribution in [1.29, 1.82) is 0 Å². The first-order valence-corrected chi connectivity index (χ1v) is 8.72. The Morgan fingerprint density at radius 1 is 0.714 bits per heavy atom. The Morgan fingerprint density at radius 3 is 1.57 bits per heavy atom. The molecule has 2 rings (SSSR count). The van der Waals surface area contributed by atoms with E-state index in [0.717, 1.165) is 5.56 Å². The van der Waals surface area contributed by atoms with Crippen molar-refractivity contribution in [2.24, 2.45) is 20.4 Å². The summed E-state index contributed by atoms with van der Waals surface area (Å²) >= 11 is 10.1. The minimum absolute atomic E-state index is 0. The number of nitrogens with zero attached hydrogens (tertiary/aromatic N) is 4. The molecule has 0 unspecified atom stereocenters. The van der Waals surface area contributed by atoms with Crippen molar-refractivity contribution in [3.05, 3.63) is 65.7 Å². The second-order valence-corrected chi connectivity index (χ2v) is 5.89. The first-order valence-electron chi connectivity index (χ1n) is 7.91. The van der Waals surface area contributed by atoms with Gasteiger partial charge in [-0.25, -0.2) is 0 Å². The van der Waals surface area contributed by atoms with Gasteiger partial charge in [0.2, 0.25) is 0 Å². The first kappa shape index (κ1) is 23.5. The standard InChI is InChI=1S/C18H20N6OS2.Cu/c1-19-17(26)23-21-15(12-6-4-3-5-7-12)16(22-24-18(27)20-2)13-8-10-14(25)11-9-13;/h3-11,25H,1-2H3,(H2,19,23,26)(H2,20,24,27);/q;+2/p-2. The van der Waals surface area contributed by atoms with Crippen molar-refractivity contribution in [3.63, 3.8) is 0 Å². The molecule has 0 aromatic heterocycles. The van der Waals surface area contributed by atoms with E-state index in [1.54, 1.807) is 38.4 Å². The summed E-state index contributed by atoms with van der Waals surface area (Å²) in [4.78, 5) is 0. The maximum absolute atomic E-state index is 9.59. The molecular formula is C18H18CuN6OS2. The fraction of sp³-hybridized carbons (Fsp3) is 0.111. The molecule has 10 heteroatoms. The van der Waals surface area contributed by atoms with Crippen molar-refractivity contribution in [2.75, 3.05) is 14.1 Å². The van der Waals surface area contributed by atoms with E-state index in [1.807, 2.05) is 30.3 Å². The molecule has 1 radical (unpaired) electrons. The van der Waals surface area contributed by atoms with Crippen LogP contribution in [-0.4, -0.2) is 41.0 Å². The molecule has 0 spiro atoms. The molecule has 0 amide bonds. The van der Waals surface area contributed by atoms with E-state index in [4.69, 9.17) is 25.3 Å². The van der Waals surface area contributed by atoms with Crippen LogP contribution in [0.1, 0.15) is 11.1 Å². The summed E-state index contributed by atoms with van der Waals surface area (Å²) in [6.07, 6.45) is 0. The van der Waals surface area contributed by atoms with E-state index < -0.39 is 0 Å². The van der Waals surface area contributed by atoms with Gasteiger partial charge in [-0.05, 0) is 34.6 Å². The second kappa shape index (κ2) is 12.0. The zero-order valence-electron chi connectivity index (χ0n) is 15.1. The number of nitrogens with one attached hydrogen (secondary N) is 2. The molecule has 0 saturated heterocycles. The Kier molecular flexibility index (Phi) is 10.1. The van der Waals surface area contributed by atoms with Gasteiger partial charge < -0.3 is 41.0 Å². The van der Waals surface area contributed by atoms with Crippen molar-refractivity contribution < 1.29 is 22.2 Å². The number of phenolic OH excluding ortho intramolecular Hbond substituents is 1. The van der Waals surface area contributed by atoms with Gasteiger partial charge in [-0.2, -0.15) is 10.2 Å². The normalized spacial score (nSPS) is 12.9. The molecule has 0 fully saturated rings. The van der Waals surface area contributed by atoms with Crippen molar-refractivity contribution >= 4 is 47.0 Å². The first-order chi connectivity index (χ1) is 13.0. The van der Waals surface area contributed by atoms with Gasteiger partial charge in [-0.3, -0.25) is 0 Å². The van der Waals surface area contributed by atoms with Crippen LogP contribution in [-0.2, 0) is 42.3 Å². The number of hydrogen-bond acceptors (Lipinski definition) is 7. The summed E-state index contributed by atoms with van der Waals surface area (Å²) in [6, 6.07) is 15.9. The molecule has 3 N–H and O–H groups in total. The Bertz CT molecular complexity index is 883. The van der Waals surface area contributed by atoms with Crippen molar-refractivity contribution in [1.82, 2.24) is 10.6 Å². The van der Waals surface area contributed by atoms with Gasteiger partial charge in [0.1, 0.15) is 17.2 Å². The van der Waals surface area contributed by atoms with E-state index in [2.05, 4.69) is 31.0 Å². The molecule has 0 atom stereocenters. The van der Waals surface area contributed by atoms with Gasteiger partial charge in [-0.1, -0.05) is 30.3 Å². The molecule has 28 heavy (non-hydrogen) atoms. The van der Waals surface area contributed by atoms with Gasteiger partial charge in [0, 0.05) is 25.2 Å². The van der Waals surface area contributed by atoms with Crippen LogP contribution in [0.3, 0.4) is 0 Å². The summed E-state index contributed by atoms with van der Waals surface area (Å²) in [6.45, 7) is 0. The molecule has 0 saturated carbocycles. The fourth-order valence-corrected chi connectivity index (χ4v) is 2.07. The van der Waals surface area contributed by atoms with Crippen LogP contribution in [0.2, 0.25) is 0 Å². The number of amidine groups is 2. The molecule has 2 aromatic carbocycles. The molecule has 0 aliphatic rings. The maximum Gasteiger partial charge on any atom is 2.00 e. The zero-order valence-corrected chi connectivity index (χ0v) is 17.6. The van der Waals surface area contributed by atoms with Gasteiger partial charge >= 0.3 is 17.1 Å². The van der Waals surface area contributed by atoms with Gasteiger partial charge in [0.15, 0.2) is 0 Å². The topological polar surface area (TPSA) is 93.7 Å². The minimum atomic E-state index is 0. The van der Waals surface area contributed by atoms with Crippen molar-refractivity contribution in [2.45, 2.75) is 0 Å². The average Bonchev–Trinajstić information content (AvgIpc) is 2.71. The molecule has 7 nitrogen and oxygen atoms in total. The van der Waals surface area contributed by atoms with Gasteiger partial charge in [-0.15, -0.1) is 10.2 Å². The van der Waals surface area contributed by atoms with Crippen LogP contribution in [0.5, 0.6) is 5.75 Å². The van der Waals surface area contributed by atoms with Crippen LogP contribution in [0.25, 0.3) is 0 Å². The summed E-state index contributed by atoms with van der Waals surface area (Å²) in [7, 11) is 3.33. The summed E-state index contributed by atoms with van der Waals surface area (Å²) < 4.78 is 0. The third kappa shape index (κ3) is 6.90. The SMILES string of the molecule is CNC([S-])=NN=C(C(=NN=C([S-])NC)c1ccc(O)cc1)c1ccccc1.[Cu+2]. The average molecular weight is 462 g/mol. The third-order valence-corrected chi connectivity index (χ3v) is 3.89. The Labute approximate surface area is 185 Å². The molecule has 0 aliphatic heterocycles. The van der Waals surface area contributed by atoms with Crippen LogP contribution in [0.4, 0.5) is 0 Å². The van der Waals surface area contributed by atoms with E-state index >= 15 is 0 Å². The van der Waals surface area contributed by atoms with Crippen LogP contribution >= 0.6 is 0 Å². The van der Waals surface area contributed by atoms with E-state index in [0.29, 0.717) is 17.0 Å². The van der Waals surface area contributed by atoms with E-state index in [-0.39, 0.29) is 33.2 Å². The number of rotatable bonds is 5. The zero-order chi connectivity index (χ0) is 19.6. The summed E-state index contributed by atoms with van der Waals surface area (Å²) in [5.41, 5.74) is 2.35. The number of benzene rings is 2. The van der Waals surface area contributed by atoms with Crippen LogP contribution < -0.4 is 10.6 Å². The Hall–Kier alpha value is -2.52. The largest absolute Gasteiger partial charge is 2.00 e. The number of aromatic hydroxyl groups is 1. The smallest absolute Gasteiger partial charge is 0.741 e.